The average molecular weight is 861 g/mol. The van der Waals surface area contributed by atoms with Gasteiger partial charge in [-0.2, -0.15) is 0 Å². The Labute approximate surface area is 361 Å². The fraction of sp³-hybridized carbons (Fsp3) is 0.568. The zero-order valence-electron chi connectivity index (χ0n) is 36.4. The molecule has 3 aliphatic rings. The number of ether oxygens (including phenoxy) is 2. The number of pyridine rings is 1. The topological polar surface area (TPSA) is 204 Å². The second-order valence-electron chi connectivity index (χ2n) is 18.1. The lowest BCUT2D eigenvalue weighted by Crippen LogP contribution is -2.60. The summed E-state index contributed by atoms with van der Waals surface area (Å²) < 4.78 is 12.2. The van der Waals surface area contributed by atoms with Crippen LogP contribution < -0.4 is 30.7 Å². The number of carboxylic acid groups (broad SMARTS) is 1. The van der Waals surface area contributed by atoms with Gasteiger partial charge >= 0.3 is 12.0 Å². The molecule has 1 aromatic carbocycles. The third-order valence-electron chi connectivity index (χ3n) is 11.7. The van der Waals surface area contributed by atoms with E-state index >= 15 is 0 Å². The molecule has 0 spiro atoms. The molecule has 5 N–H and O–H groups in total. The quantitative estimate of drug-likeness (QED) is 0.115. The fourth-order valence-corrected chi connectivity index (χ4v) is 8.81. The summed E-state index contributed by atoms with van der Waals surface area (Å²) in [6, 6.07) is 4.17. The first-order valence-electron chi connectivity index (χ1n) is 21.0. The number of carbonyl (C=O) groups excluding carboxylic acids is 4. The van der Waals surface area contributed by atoms with Crippen molar-refractivity contribution in [3.05, 3.63) is 42.3 Å². The highest BCUT2D eigenvalue weighted by molar-refractivity contribution is 7.14. The zero-order chi connectivity index (χ0) is 44.4. The van der Waals surface area contributed by atoms with E-state index in [4.69, 9.17) is 19.4 Å². The monoisotopic (exact) mass is 860 g/mol. The molecule has 17 heteroatoms. The number of amides is 5. The van der Waals surface area contributed by atoms with Gasteiger partial charge in [0.15, 0.2) is 5.13 Å². The van der Waals surface area contributed by atoms with E-state index in [1.165, 1.54) is 22.3 Å². The molecule has 16 nitrogen and oxygen atoms in total. The summed E-state index contributed by atoms with van der Waals surface area (Å²) in [5.41, 5.74) is -0.199. The number of aliphatic carboxylic acids is 1. The average Bonchev–Trinajstić information content (AvgIpc) is 3.47. The van der Waals surface area contributed by atoms with Crippen molar-refractivity contribution in [2.24, 2.45) is 17.3 Å². The first-order valence-corrected chi connectivity index (χ1v) is 21.9. The minimum Gasteiger partial charge on any atom is -0.497 e. The molecular formula is C44H60N8O8S. The third-order valence-corrected chi connectivity index (χ3v) is 12.5. The summed E-state index contributed by atoms with van der Waals surface area (Å²) in [4.78, 5) is 80.7. The molecule has 4 heterocycles. The van der Waals surface area contributed by atoms with Crippen LogP contribution in [0.3, 0.4) is 0 Å². The van der Waals surface area contributed by atoms with Gasteiger partial charge in [-0.15, -0.1) is 17.9 Å². The van der Waals surface area contributed by atoms with Gasteiger partial charge < -0.3 is 45.6 Å². The van der Waals surface area contributed by atoms with Crippen LogP contribution in [0, 0.1) is 17.3 Å². The number of anilines is 1. The lowest BCUT2D eigenvalue weighted by Gasteiger charge is -2.38. The van der Waals surface area contributed by atoms with E-state index in [2.05, 4.69) is 27.8 Å². The number of likely N-dealkylation sites (tertiary alicyclic amines) is 2. The highest BCUT2D eigenvalue weighted by Gasteiger charge is 2.61. The Hall–Kier alpha value is -5.45. The van der Waals surface area contributed by atoms with E-state index in [1.807, 2.05) is 46.1 Å². The molecular weight excluding hydrogens is 801 g/mol. The lowest BCUT2D eigenvalue weighted by atomic mass is 9.86. The highest BCUT2D eigenvalue weighted by atomic mass is 32.1. The molecule has 3 fully saturated rings. The van der Waals surface area contributed by atoms with E-state index in [9.17, 15) is 29.1 Å². The summed E-state index contributed by atoms with van der Waals surface area (Å²) in [7, 11) is 1.57. The first kappa shape index (κ1) is 45.1. The summed E-state index contributed by atoms with van der Waals surface area (Å²) in [5.74, 6) is -2.15. The molecule has 2 unspecified atom stereocenters. The molecule has 6 atom stereocenters. The van der Waals surface area contributed by atoms with Crippen LogP contribution in [0.5, 0.6) is 11.5 Å². The number of hydrogen-bond acceptors (Lipinski definition) is 11. The maximum absolute atomic E-state index is 14.7. The van der Waals surface area contributed by atoms with Gasteiger partial charge in [-0.3, -0.25) is 14.4 Å². The third kappa shape index (κ3) is 10.2. The lowest BCUT2D eigenvalue weighted by molar-refractivity contribution is -0.145. The Bertz CT molecular complexity index is 2150. The minimum atomic E-state index is -1.54. The van der Waals surface area contributed by atoms with Crippen molar-refractivity contribution < 1.29 is 38.6 Å². The Balaban J connectivity index is 1.29. The molecule has 61 heavy (non-hydrogen) atoms. The minimum absolute atomic E-state index is 0.0352. The number of nitrogens with one attached hydrogen (secondary N) is 4. The Morgan fingerprint density at radius 1 is 1.08 bits per heavy atom. The standard InChI is InChI=1S/C44H60N8O8S/c1-10-26-20-44(26,40(56)57)50-38(54)33-18-28(60-34-19-31(32-23-61-42(47-32)45-25(4)5)46-30-17-27(59-9)14-15-29(30)34)21-52(33)39(55)37(24(2)3)49-41(58)48-35(43(6,7)8)22-51-16-12-11-13-36(51)53/h10,14-15,17,19,23-26,28,33,35,37H,1,11-13,16,18,20-22H2,2-9H3,(H,45,47)(H,50,54)(H,56,57)(H2,48,49,58)/t26?,28-,33+,35?,37+,44-/m1/s1. The Morgan fingerprint density at radius 3 is 2.46 bits per heavy atom. The van der Waals surface area contributed by atoms with Crippen LogP contribution in [0.1, 0.15) is 80.6 Å². The number of urea groups is 1. The van der Waals surface area contributed by atoms with Crippen LogP contribution in [0.4, 0.5) is 9.93 Å². The molecule has 1 saturated carbocycles. The predicted molar refractivity (Wildman–Crippen MR) is 233 cm³/mol. The first-order chi connectivity index (χ1) is 28.8. The SMILES string of the molecule is C=CC1C[C@]1(NC(=O)[C@@H]1C[C@@H](Oc2cc(-c3csc(NC(C)C)n3)nc3cc(OC)ccc23)CN1C(=O)[C@@H](NC(=O)NC(CN1CCCCC1=O)C(C)(C)C)C(C)C)C(=O)O. The van der Waals surface area contributed by atoms with Crippen LogP contribution in [0.2, 0.25) is 0 Å². The summed E-state index contributed by atoms with van der Waals surface area (Å²) in [5, 5.41) is 25.4. The number of thiazole rings is 1. The van der Waals surface area contributed by atoms with Gasteiger partial charge in [0.1, 0.15) is 40.9 Å². The summed E-state index contributed by atoms with van der Waals surface area (Å²) in [6.45, 7) is 18.2. The second kappa shape index (κ2) is 18.3. The van der Waals surface area contributed by atoms with Crippen molar-refractivity contribution in [2.45, 2.75) is 116 Å². The Morgan fingerprint density at radius 2 is 1.84 bits per heavy atom. The molecule has 2 aromatic heterocycles. The normalized spacial score (nSPS) is 22.5. The number of carboxylic acids is 1. The van der Waals surface area contributed by atoms with Gasteiger partial charge in [-0.05, 0) is 56.6 Å². The van der Waals surface area contributed by atoms with Gasteiger partial charge in [0.2, 0.25) is 17.7 Å². The van der Waals surface area contributed by atoms with Gasteiger partial charge in [-0.25, -0.2) is 19.6 Å². The number of rotatable bonds is 16. The van der Waals surface area contributed by atoms with Crippen molar-refractivity contribution in [3.8, 4) is 22.9 Å². The van der Waals surface area contributed by atoms with E-state index < -0.39 is 70.8 Å². The van der Waals surface area contributed by atoms with Crippen LogP contribution >= 0.6 is 11.3 Å². The number of methoxy groups -OCH3 is 1. The number of nitrogens with zero attached hydrogens (tertiary/aromatic N) is 4. The maximum atomic E-state index is 14.7. The highest BCUT2D eigenvalue weighted by Crippen LogP contribution is 2.45. The van der Waals surface area contributed by atoms with Gasteiger partial charge in [0.05, 0.1) is 30.9 Å². The zero-order valence-corrected chi connectivity index (χ0v) is 37.2. The van der Waals surface area contributed by atoms with E-state index in [1.54, 1.807) is 44.1 Å². The molecule has 0 bridgehead atoms. The Kier molecular flexibility index (Phi) is 13.5. The predicted octanol–water partition coefficient (Wildman–Crippen LogP) is 5.43. The van der Waals surface area contributed by atoms with Gasteiger partial charge in [0.25, 0.3) is 0 Å². The van der Waals surface area contributed by atoms with Crippen LogP contribution in [0.25, 0.3) is 22.3 Å². The molecule has 330 valence electrons. The van der Waals surface area contributed by atoms with Crippen LogP contribution in [0.15, 0.2) is 42.3 Å². The number of hydrogen-bond donors (Lipinski definition) is 5. The maximum Gasteiger partial charge on any atom is 0.330 e. The van der Waals surface area contributed by atoms with Gasteiger partial charge in [-0.1, -0.05) is 40.7 Å². The molecule has 0 radical (unpaired) electrons. The van der Waals surface area contributed by atoms with E-state index in [0.717, 1.165) is 18.0 Å². The number of aromatic nitrogens is 2. The summed E-state index contributed by atoms with van der Waals surface area (Å²) in [6.07, 6.45) is 3.20. The largest absolute Gasteiger partial charge is 0.497 e. The van der Waals surface area contributed by atoms with E-state index in [-0.39, 0.29) is 31.3 Å². The van der Waals surface area contributed by atoms with Crippen LogP contribution in [-0.4, -0.2) is 117 Å². The molecule has 3 aromatic rings. The number of benzene rings is 1. The number of carbonyl (C=O) groups is 5. The van der Waals surface area contributed by atoms with Crippen molar-refractivity contribution in [1.29, 1.82) is 0 Å². The molecule has 2 aliphatic heterocycles. The molecule has 1 aliphatic carbocycles. The number of piperidine rings is 1. The molecule has 5 amide bonds. The van der Waals surface area contributed by atoms with Crippen LogP contribution in [-0.2, 0) is 19.2 Å². The van der Waals surface area contributed by atoms with Crippen molar-refractivity contribution in [2.75, 3.05) is 32.1 Å². The number of fused-ring (bicyclic) bond motifs is 1. The molecule has 2 saturated heterocycles. The fourth-order valence-electron chi connectivity index (χ4n) is 7.95. The summed E-state index contributed by atoms with van der Waals surface area (Å²) >= 11 is 1.45. The van der Waals surface area contributed by atoms with Gasteiger partial charge in [0, 0.05) is 60.8 Å². The van der Waals surface area contributed by atoms with Crippen molar-refractivity contribution in [1.82, 2.24) is 35.7 Å². The van der Waals surface area contributed by atoms with E-state index in [0.29, 0.717) is 53.3 Å². The molecule has 6 rings (SSSR count). The van der Waals surface area contributed by atoms with Crippen molar-refractivity contribution >= 4 is 57.1 Å². The van der Waals surface area contributed by atoms with Crippen molar-refractivity contribution in [3.63, 3.8) is 0 Å². The second-order valence-corrected chi connectivity index (χ2v) is 18.9. The smallest absolute Gasteiger partial charge is 0.330 e.